The summed E-state index contributed by atoms with van der Waals surface area (Å²) < 4.78 is 13.4. The van der Waals surface area contributed by atoms with Gasteiger partial charge in [-0.3, -0.25) is 14.6 Å². The molecule has 1 aromatic heterocycles. The molecule has 1 aliphatic heterocycles. The number of carbonyl (C=O) groups excluding carboxylic acids is 2. The van der Waals surface area contributed by atoms with Gasteiger partial charge in [0, 0.05) is 42.1 Å². The van der Waals surface area contributed by atoms with Crippen LogP contribution in [0.4, 0.5) is 10.1 Å². The van der Waals surface area contributed by atoms with Gasteiger partial charge < -0.3 is 10.2 Å². The first-order valence-corrected chi connectivity index (χ1v) is 12.6. The summed E-state index contributed by atoms with van der Waals surface area (Å²) in [5, 5.41) is 3.69. The van der Waals surface area contributed by atoms with Gasteiger partial charge >= 0.3 is 0 Å². The number of aromatic nitrogens is 1. The third-order valence-electron chi connectivity index (χ3n) is 9.65. The van der Waals surface area contributed by atoms with Crippen molar-refractivity contribution in [2.45, 2.75) is 65.2 Å². The zero-order valence-corrected chi connectivity index (χ0v) is 20.4. The molecular formula is C26H33ClFN3O2. The first-order chi connectivity index (χ1) is 15.6. The Morgan fingerprint density at radius 3 is 2.79 bits per heavy atom. The number of nitrogens with zero attached hydrogens (tertiary/aromatic N) is 2. The molecule has 0 bridgehead atoms. The van der Waals surface area contributed by atoms with Crippen LogP contribution in [0.15, 0.2) is 29.2 Å². The highest BCUT2D eigenvalue weighted by Gasteiger charge is 2.60. The normalized spacial score (nSPS) is 38.0. The molecule has 6 atom stereocenters. The minimum absolute atomic E-state index is 0.0518. The lowest BCUT2D eigenvalue weighted by Gasteiger charge is -2.59. The van der Waals surface area contributed by atoms with Gasteiger partial charge in [-0.1, -0.05) is 25.4 Å². The number of hydrogen-bond acceptors (Lipinski definition) is 3. The average Bonchev–Trinajstić information content (AvgIpc) is 3.07. The van der Waals surface area contributed by atoms with Gasteiger partial charge in [0.05, 0.1) is 18.1 Å². The number of amides is 2. The Labute approximate surface area is 200 Å². The van der Waals surface area contributed by atoms with E-state index in [0.717, 1.165) is 55.5 Å². The van der Waals surface area contributed by atoms with Crippen molar-refractivity contribution in [2.75, 3.05) is 12.4 Å². The van der Waals surface area contributed by atoms with Gasteiger partial charge in [-0.25, -0.2) is 4.39 Å². The zero-order valence-electron chi connectivity index (χ0n) is 19.7. The van der Waals surface area contributed by atoms with Gasteiger partial charge in [-0.15, -0.1) is 0 Å². The largest absolute Gasteiger partial charge is 0.325 e. The number of fused-ring (bicyclic) bond motifs is 5. The smallest absolute Gasteiger partial charge is 0.226 e. The molecular weight excluding hydrogens is 441 g/mol. The van der Waals surface area contributed by atoms with Crippen molar-refractivity contribution in [3.05, 3.63) is 35.0 Å². The van der Waals surface area contributed by atoms with Crippen LogP contribution < -0.4 is 5.32 Å². The van der Waals surface area contributed by atoms with Gasteiger partial charge in [0.15, 0.2) is 0 Å². The molecule has 1 N–H and O–H groups in total. The molecule has 33 heavy (non-hydrogen) atoms. The minimum atomic E-state index is -0.454. The Morgan fingerprint density at radius 2 is 2.03 bits per heavy atom. The first kappa shape index (κ1) is 22.8. The van der Waals surface area contributed by atoms with Crippen molar-refractivity contribution in [1.82, 2.24) is 9.88 Å². The maximum atomic E-state index is 13.4. The van der Waals surface area contributed by atoms with Crippen molar-refractivity contribution in [3.63, 3.8) is 0 Å². The summed E-state index contributed by atoms with van der Waals surface area (Å²) in [5.74, 6) is 1.49. The number of anilines is 1. The van der Waals surface area contributed by atoms with Crippen LogP contribution in [0.1, 0.15) is 65.2 Å². The molecule has 7 heteroatoms. The fourth-order valence-corrected chi connectivity index (χ4v) is 8.56. The molecule has 0 radical (unpaired) electrons. The summed E-state index contributed by atoms with van der Waals surface area (Å²) in [7, 11) is 1.88. The number of rotatable bonds is 3. The minimum Gasteiger partial charge on any atom is -0.325 e. The van der Waals surface area contributed by atoms with E-state index in [-0.39, 0.29) is 22.6 Å². The van der Waals surface area contributed by atoms with Crippen molar-refractivity contribution in [2.24, 2.45) is 34.5 Å². The van der Waals surface area contributed by atoms with Crippen molar-refractivity contribution < 1.29 is 14.0 Å². The van der Waals surface area contributed by atoms with E-state index in [9.17, 15) is 14.0 Å². The second kappa shape index (κ2) is 8.07. The van der Waals surface area contributed by atoms with Crippen LogP contribution in [0.5, 0.6) is 0 Å². The molecule has 2 amide bonds. The number of hydrogen-bond donors (Lipinski definition) is 1. The van der Waals surface area contributed by atoms with E-state index in [4.69, 9.17) is 11.6 Å². The molecule has 3 fully saturated rings. The molecule has 0 spiro atoms. The Hall–Kier alpha value is -1.95. The summed E-state index contributed by atoms with van der Waals surface area (Å²) in [4.78, 5) is 30.8. The van der Waals surface area contributed by atoms with E-state index < -0.39 is 5.82 Å². The molecule has 2 heterocycles. The fourth-order valence-electron chi connectivity index (χ4n) is 8.04. The molecule has 5 rings (SSSR count). The standard InChI is InChI=1S/C26H33ClFN3O2/c1-25-8-6-20-18(12-21(27)24-26(20,2)9-7-23(33)31(24)3)19(25)5-4-15(25)10-22(32)30-17-11-16(28)13-29-14-17/h11,13-15,18-20H,4-10,12H2,1-3H3,(H,30,32)/t15-,18+,19+,20+,25-,26-/m1/s1. The molecule has 0 aromatic carbocycles. The van der Waals surface area contributed by atoms with Crippen LogP contribution >= 0.6 is 11.6 Å². The maximum Gasteiger partial charge on any atom is 0.226 e. The van der Waals surface area contributed by atoms with Gasteiger partial charge in [-0.05, 0) is 67.6 Å². The number of pyridine rings is 1. The van der Waals surface area contributed by atoms with E-state index in [1.807, 2.05) is 11.9 Å². The molecule has 1 saturated heterocycles. The van der Waals surface area contributed by atoms with E-state index in [2.05, 4.69) is 24.1 Å². The number of halogens is 2. The monoisotopic (exact) mass is 473 g/mol. The Kier molecular flexibility index (Phi) is 5.58. The van der Waals surface area contributed by atoms with E-state index in [0.29, 0.717) is 42.2 Å². The number of likely N-dealkylation sites (tertiary alicyclic amines) is 1. The Bertz CT molecular complexity index is 1030. The molecule has 4 aliphatic rings. The quantitative estimate of drug-likeness (QED) is 0.610. The van der Waals surface area contributed by atoms with E-state index in [1.165, 1.54) is 12.3 Å². The van der Waals surface area contributed by atoms with Crippen molar-refractivity contribution >= 4 is 29.1 Å². The summed E-state index contributed by atoms with van der Waals surface area (Å²) >= 11 is 6.90. The summed E-state index contributed by atoms with van der Waals surface area (Å²) in [6.45, 7) is 4.69. The second-order valence-electron chi connectivity index (χ2n) is 11.2. The number of allylic oxidation sites excluding steroid dienone is 2. The molecule has 3 aliphatic carbocycles. The lowest BCUT2D eigenvalue weighted by molar-refractivity contribution is -0.136. The van der Waals surface area contributed by atoms with Crippen LogP contribution in [0.25, 0.3) is 0 Å². The van der Waals surface area contributed by atoms with E-state index >= 15 is 0 Å². The van der Waals surface area contributed by atoms with Crippen molar-refractivity contribution in [3.8, 4) is 0 Å². The predicted molar refractivity (Wildman–Crippen MR) is 126 cm³/mol. The van der Waals surface area contributed by atoms with E-state index in [1.54, 1.807) is 0 Å². The highest BCUT2D eigenvalue weighted by atomic mass is 35.5. The average molecular weight is 474 g/mol. The van der Waals surface area contributed by atoms with Crippen LogP contribution in [0.2, 0.25) is 0 Å². The summed E-state index contributed by atoms with van der Waals surface area (Å²) in [5.41, 5.74) is 1.51. The van der Waals surface area contributed by atoms with Gasteiger partial charge in [0.25, 0.3) is 0 Å². The first-order valence-electron chi connectivity index (χ1n) is 12.2. The molecule has 0 unspecified atom stereocenters. The van der Waals surface area contributed by atoms with Crippen LogP contribution in [-0.4, -0.2) is 28.7 Å². The maximum absolute atomic E-state index is 13.4. The third-order valence-corrected chi connectivity index (χ3v) is 9.99. The van der Waals surface area contributed by atoms with Gasteiger partial charge in [-0.2, -0.15) is 0 Å². The zero-order chi connectivity index (χ0) is 23.5. The lowest BCUT2D eigenvalue weighted by Crippen LogP contribution is -2.54. The molecule has 2 saturated carbocycles. The van der Waals surface area contributed by atoms with Crippen LogP contribution in [0, 0.1) is 40.3 Å². The summed E-state index contributed by atoms with van der Waals surface area (Å²) in [6, 6.07) is 1.30. The highest BCUT2D eigenvalue weighted by Crippen LogP contribution is 2.67. The fraction of sp³-hybridized carbons (Fsp3) is 0.654. The predicted octanol–water partition coefficient (Wildman–Crippen LogP) is 5.72. The Balaban J connectivity index is 1.35. The lowest BCUT2D eigenvalue weighted by atomic mass is 9.49. The third kappa shape index (κ3) is 3.60. The van der Waals surface area contributed by atoms with Gasteiger partial charge in [0.2, 0.25) is 11.8 Å². The molecule has 178 valence electrons. The molecule has 5 nitrogen and oxygen atoms in total. The summed E-state index contributed by atoms with van der Waals surface area (Å²) in [6.07, 6.45) is 9.70. The van der Waals surface area contributed by atoms with Crippen LogP contribution in [-0.2, 0) is 9.59 Å². The SMILES string of the molecule is CN1C(=O)CC[C@@]2(C)C1=C(Cl)C[C@H]1[C@@H]3CC[C@H](CC(=O)Nc4cncc(F)c4)[C@@]3(C)CC[C@@H]12. The number of nitrogens with one attached hydrogen (secondary N) is 1. The Morgan fingerprint density at radius 1 is 1.24 bits per heavy atom. The number of piperidine rings is 1. The second-order valence-corrected chi connectivity index (χ2v) is 11.6. The highest BCUT2D eigenvalue weighted by molar-refractivity contribution is 6.30. The number of carbonyl (C=O) groups is 2. The topological polar surface area (TPSA) is 62.3 Å². The molecule has 1 aromatic rings. The van der Waals surface area contributed by atoms with Gasteiger partial charge in [0.1, 0.15) is 5.82 Å². The van der Waals surface area contributed by atoms with Crippen LogP contribution in [0.3, 0.4) is 0 Å². The van der Waals surface area contributed by atoms with Crippen molar-refractivity contribution in [1.29, 1.82) is 0 Å².